The van der Waals surface area contributed by atoms with Gasteiger partial charge in [0, 0.05) is 22.3 Å². The standard InChI is InChI=1S/C22H25N3O3/c1-4-22(2,3)28-20(26)14-25-18-11-10-16(23)12-15(18)13-19(25)21(27)24-17-8-6-5-7-9-17/h5-13H,4,14,23H2,1-3H3,(H,24,27). The van der Waals surface area contributed by atoms with Crippen LogP contribution < -0.4 is 11.1 Å². The van der Waals surface area contributed by atoms with Crippen molar-refractivity contribution < 1.29 is 14.3 Å². The molecule has 0 aliphatic carbocycles. The largest absolute Gasteiger partial charge is 0.458 e. The average Bonchev–Trinajstić information content (AvgIpc) is 2.99. The topological polar surface area (TPSA) is 86.3 Å². The number of hydrogen-bond donors (Lipinski definition) is 2. The van der Waals surface area contributed by atoms with Gasteiger partial charge in [-0.2, -0.15) is 0 Å². The number of esters is 1. The minimum Gasteiger partial charge on any atom is -0.458 e. The summed E-state index contributed by atoms with van der Waals surface area (Å²) in [5.41, 5.74) is 7.72. The summed E-state index contributed by atoms with van der Waals surface area (Å²) in [4.78, 5) is 25.4. The van der Waals surface area contributed by atoms with Crippen molar-refractivity contribution in [1.82, 2.24) is 4.57 Å². The molecule has 0 bridgehead atoms. The molecule has 1 amide bonds. The van der Waals surface area contributed by atoms with Gasteiger partial charge < -0.3 is 20.4 Å². The zero-order chi connectivity index (χ0) is 20.3. The number of nitrogens with one attached hydrogen (secondary N) is 1. The van der Waals surface area contributed by atoms with Gasteiger partial charge in [-0.05, 0) is 56.7 Å². The zero-order valence-electron chi connectivity index (χ0n) is 16.4. The highest BCUT2D eigenvalue weighted by Gasteiger charge is 2.23. The molecule has 28 heavy (non-hydrogen) atoms. The molecule has 0 atom stereocenters. The van der Waals surface area contributed by atoms with E-state index in [4.69, 9.17) is 10.5 Å². The lowest BCUT2D eigenvalue weighted by Gasteiger charge is -2.23. The highest BCUT2D eigenvalue weighted by Crippen LogP contribution is 2.24. The first-order valence-corrected chi connectivity index (χ1v) is 9.26. The number of carbonyl (C=O) groups is 2. The van der Waals surface area contributed by atoms with Crippen LogP contribution in [0.4, 0.5) is 11.4 Å². The lowest BCUT2D eigenvalue weighted by molar-refractivity contribution is -0.157. The van der Waals surface area contributed by atoms with Gasteiger partial charge >= 0.3 is 5.97 Å². The third-order valence-corrected chi connectivity index (χ3v) is 4.72. The molecule has 0 fully saturated rings. The van der Waals surface area contributed by atoms with E-state index >= 15 is 0 Å². The number of carbonyl (C=O) groups excluding carboxylic acids is 2. The Morgan fingerprint density at radius 2 is 1.82 bits per heavy atom. The fourth-order valence-electron chi connectivity index (χ4n) is 2.91. The van der Waals surface area contributed by atoms with E-state index in [9.17, 15) is 9.59 Å². The van der Waals surface area contributed by atoms with Crippen molar-refractivity contribution >= 4 is 34.2 Å². The molecule has 146 valence electrons. The highest BCUT2D eigenvalue weighted by atomic mass is 16.6. The van der Waals surface area contributed by atoms with E-state index in [-0.39, 0.29) is 12.5 Å². The van der Waals surface area contributed by atoms with Crippen molar-refractivity contribution in [2.45, 2.75) is 39.3 Å². The number of benzene rings is 2. The van der Waals surface area contributed by atoms with E-state index in [0.717, 1.165) is 10.9 Å². The molecule has 3 N–H and O–H groups in total. The van der Waals surface area contributed by atoms with E-state index in [1.807, 2.05) is 45.0 Å². The molecule has 3 aromatic rings. The molecule has 6 nitrogen and oxygen atoms in total. The van der Waals surface area contributed by atoms with E-state index in [1.165, 1.54) is 0 Å². The number of rotatable bonds is 6. The Bertz CT molecular complexity index is 1010. The molecule has 0 aliphatic rings. The van der Waals surface area contributed by atoms with Gasteiger partial charge in [0.25, 0.3) is 5.91 Å². The predicted octanol–water partition coefficient (Wildman–Crippen LogP) is 4.21. The maximum Gasteiger partial charge on any atom is 0.326 e. The van der Waals surface area contributed by atoms with E-state index in [2.05, 4.69) is 5.32 Å². The first-order chi connectivity index (χ1) is 13.3. The number of anilines is 2. The van der Waals surface area contributed by atoms with Gasteiger partial charge in [0.1, 0.15) is 17.8 Å². The third kappa shape index (κ3) is 4.34. The quantitative estimate of drug-likeness (QED) is 0.496. The molecule has 0 radical (unpaired) electrons. The van der Waals surface area contributed by atoms with Crippen LogP contribution in [0.25, 0.3) is 10.9 Å². The minimum absolute atomic E-state index is 0.0611. The lowest BCUT2D eigenvalue weighted by Crippen LogP contribution is -2.30. The molecule has 0 spiro atoms. The maximum absolute atomic E-state index is 12.9. The second kappa shape index (κ2) is 7.76. The normalized spacial score (nSPS) is 11.4. The Kier molecular flexibility index (Phi) is 5.40. The summed E-state index contributed by atoms with van der Waals surface area (Å²) in [5.74, 6) is -0.696. The smallest absolute Gasteiger partial charge is 0.326 e. The number of nitrogen functional groups attached to an aromatic ring is 1. The molecule has 2 aromatic carbocycles. The fourth-order valence-corrected chi connectivity index (χ4v) is 2.91. The van der Waals surface area contributed by atoms with E-state index < -0.39 is 11.6 Å². The monoisotopic (exact) mass is 379 g/mol. The lowest BCUT2D eigenvalue weighted by atomic mass is 10.1. The Morgan fingerprint density at radius 1 is 1.11 bits per heavy atom. The van der Waals surface area contributed by atoms with Crippen molar-refractivity contribution in [2.24, 2.45) is 0 Å². The van der Waals surface area contributed by atoms with Crippen LogP contribution in [-0.4, -0.2) is 22.0 Å². The first-order valence-electron chi connectivity index (χ1n) is 9.26. The summed E-state index contributed by atoms with van der Waals surface area (Å²) in [6, 6.07) is 16.3. The number of aromatic nitrogens is 1. The third-order valence-electron chi connectivity index (χ3n) is 4.72. The SMILES string of the molecule is CCC(C)(C)OC(=O)Cn1c(C(=O)Nc2ccccc2)cc2cc(N)ccc21. The van der Waals surface area contributed by atoms with Crippen LogP contribution in [-0.2, 0) is 16.1 Å². The molecule has 0 aliphatic heterocycles. The maximum atomic E-state index is 12.9. The Balaban J connectivity index is 1.96. The Hall–Kier alpha value is -3.28. The number of fused-ring (bicyclic) bond motifs is 1. The van der Waals surface area contributed by atoms with E-state index in [0.29, 0.717) is 23.5 Å². The van der Waals surface area contributed by atoms with Crippen molar-refractivity contribution in [3.05, 3.63) is 60.3 Å². The summed E-state index contributed by atoms with van der Waals surface area (Å²) in [7, 11) is 0. The molecule has 6 heteroatoms. The summed E-state index contributed by atoms with van der Waals surface area (Å²) in [6.07, 6.45) is 0.697. The Labute approximate surface area is 164 Å². The predicted molar refractivity (Wildman–Crippen MR) is 111 cm³/mol. The van der Waals surface area contributed by atoms with Crippen molar-refractivity contribution in [1.29, 1.82) is 0 Å². The second-order valence-electron chi connectivity index (χ2n) is 7.34. The van der Waals surface area contributed by atoms with Crippen LogP contribution in [0.15, 0.2) is 54.6 Å². The van der Waals surface area contributed by atoms with Crippen LogP contribution in [0.2, 0.25) is 0 Å². The number of nitrogens with zero attached hydrogens (tertiary/aromatic N) is 1. The molecule has 0 unspecified atom stereocenters. The van der Waals surface area contributed by atoms with Gasteiger partial charge in [0.2, 0.25) is 0 Å². The fraction of sp³-hybridized carbons (Fsp3) is 0.273. The molecule has 3 rings (SSSR count). The van der Waals surface area contributed by atoms with Crippen LogP contribution in [0.1, 0.15) is 37.7 Å². The number of amides is 1. The second-order valence-corrected chi connectivity index (χ2v) is 7.34. The Morgan fingerprint density at radius 3 is 2.50 bits per heavy atom. The van der Waals surface area contributed by atoms with Crippen molar-refractivity contribution in [2.75, 3.05) is 11.1 Å². The van der Waals surface area contributed by atoms with Crippen LogP contribution in [0.5, 0.6) is 0 Å². The van der Waals surface area contributed by atoms with Crippen LogP contribution in [0, 0.1) is 0 Å². The van der Waals surface area contributed by atoms with E-state index in [1.54, 1.807) is 34.9 Å². The van der Waals surface area contributed by atoms with Gasteiger partial charge in [-0.25, -0.2) is 0 Å². The van der Waals surface area contributed by atoms with Crippen LogP contribution in [0.3, 0.4) is 0 Å². The van der Waals surface area contributed by atoms with Gasteiger partial charge in [0.15, 0.2) is 0 Å². The number of para-hydroxylation sites is 1. The number of nitrogens with two attached hydrogens (primary N) is 1. The van der Waals surface area contributed by atoms with Crippen molar-refractivity contribution in [3.8, 4) is 0 Å². The summed E-state index contributed by atoms with van der Waals surface area (Å²) < 4.78 is 7.24. The van der Waals surface area contributed by atoms with Gasteiger partial charge in [0.05, 0.1) is 0 Å². The van der Waals surface area contributed by atoms with Gasteiger partial charge in [-0.15, -0.1) is 0 Å². The van der Waals surface area contributed by atoms with Crippen LogP contribution >= 0.6 is 0 Å². The van der Waals surface area contributed by atoms with Gasteiger partial charge in [-0.1, -0.05) is 25.1 Å². The molecule has 0 saturated carbocycles. The van der Waals surface area contributed by atoms with Gasteiger partial charge in [-0.3, -0.25) is 9.59 Å². The van der Waals surface area contributed by atoms with Crippen molar-refractivity contribution in [3.63, 3.8) is 0 Å². The number of ether oxygens (including phenoxy) is 1. The number of hydrogen-bond acceptors (Lipinski definition) is 4. The molecular weight excluding hydrogens is 354 g/mol. The first kappa shape index (κ1) is 19.5. The molecule has 1 aromatic heterocycles. The minimum atomic E-state index is -0.559. The summed E-state index contributed by atoms with van der Waals surface area (Å²) in [6.45, 7) is 5.62. The highest BCUT2D eigenvalue weighted by molar-refractivity contribution is 6.07. The molecular formula is C22H25N3O3. The summed E-state index contributed by atoms with van der Waals surface area (Å²) >= 11 is 0. The average molecular weight is 379 g/mol. The molecule has 0 saturated heterocycles. The summed E-state index contributed by atoms with van der Waals surface area (Å²) in [5, 5.41) is 3.66. The zero-order valence-corrected chi connectivity index (χ0v) is 16.4. The molecule has 1 heterocycles.